The number of aromatic carboxylic acids is 1. The van der Waals surface area contributed by atoms with Crippen molar-refractivity contribution < 1.29 is 19.5 Å². The topological polar surface area (TPSA) is 119 Å². The summed E-state index contributed by atoms with van der Waals surface area (Å²) < 4.78 is 0. The van der Waals surface area contributed by atoms with E-state index in [1.807, 2.05) is 13.0 Å². The molecule has 0 heterocycles. The number of carbonyl (C=O) groups excluding carboxylic acids is 2. The molecule has 0 aliphatic heterocycles. The molecule has 0 spiro atoms. The summed E-state index contributed by atoms with van der Waals surface area (Å²) in [7, 11) is 0. The molecule has 0 saturated carbocycles. The van der Waals surface area contributed by atoms with E-state index in [1.165, 1.54) is 0 Å². The number of aryl methyl sites for hydroxylation is 1. The number of isocyanates is 2. The molecule has 0 aliphatic carbocycles. The Morgan fingerprint density at radius 3 is 1.70 bits per heavy atom. The third-order valence-corrected chi connectivity index (χ3v) is 1.27. The molecular formula is C14H20N2O4. The second-order valence-electron chi connectivity index (χ2n) is 4.11. The summed E-state index contributed by atoms with van der Waals surface area (Å²) in [5.41, 5.74) is 1.32. The smallest absolute Gasteiger partial charge is 0.335 e. The van der Waals surface area contributed by atoms with Crippen LogP contribution in [0, 0.1) is 23.7 Å². The van der Waals surface area contributed by atoms with Gasteiger partial charge in [-0.05, 0) is 25.0 Å². The lowest BCUT2D eigenvalue weighted by Gasteiger charge is -1.93. The molecule has 1 aromatic carbocycles. The van der Waals surface area contributed by atoms with Crippen molar-refractivity contribution in [3.8, 4) is 0 Å². The van der Waals surface area contributed by atoms with E-state index >= 15 is 0 Å². The Balaban J connectivity index is -0.000000242. The molecule has 6 nitrogen and oxygen atoms in total. The van der Waals surface area contributed by atoms with Gasteiger partial charge in [0.05, 0.1) is 5.56 Å². The molecule has 0 fully saturated rings. The lowest BCUT2D eigenvalue weighted by molar-refractivity contribution is 0.0696. The van der Waals surface area contributed by atoms with E-state index < -0.39 is 5.97 Å². The van der Waals surface area contributed by atoms with Crippen molar-refractivity contribution in [1.29, 1.82) is 10.8 Å². The van der Waals surface area contributed by atoms with Gasteiger partial charge < -0.3 is 5.11 Å². The fourth-order valence-corrected chi connectivity index (χ4v) is 0.778. The van der Waals surface area contributed by atoms with Crippen LogP contribution in [0.1, 0.15) is 36.7 Å². The van der Waals surface area contributed by atoms with Gasteiger partial charge in [0.25, 0.3) is 0 Å². The predicted molar refractivity (Wildman–Crippen MR) is 75.5 cm³/mol. The molecule has 110 valence electrons. The molecule has 1 rings (SSSR count). The van der Waals surface area contributed by atoms with Crippen LogP contribution < -0.4 is 0 Å². The van der Waals surface area contributed by atoms with Crippen molar-refractivity contribution in [2.45, 2.75) is 27.7 Å². The van der Waals surface area contributed by atoms with Crippen molar-refractivity contribution in [3.05, 3.63) is 35.4 Å². The van der Waals surface area contributed by atoms with Crippen LogP contribution in [0.3, 0.4) is 0 Å². The van der Waals surface area contributed by atoms with Crippen LogP contribution >= 0.6 is 0 Å². The van der Waals surface area contributed by atoms with Crippen LogP contribution in [-0.4, -0.2) is 23.2 Å². The molecule has 0 saturated heterocycles. The maximum absolute atomic E-state index is 10.4. The quantitative estimate of drug-likeness (QED) is 0.540. The zero-order chi connectivity index (χ0) is 16.6. The Hall–Kier alpha value is -2.55. The standard InChI is InChI=1S/C8H8O2.C4H10.2CHNO/c1-6-3-2-4-7(5-6)8(9)10;1-4(2)3;2*2-1-3/h2-5H,1H3,(H,9,10);4H,1-3H3;2*2H. The highest BCUT2D eigenvalue weighted by Gasteiger charge is 1.99. The van der Waals surface area contributed by atoms with Crippen LogP contribution in [0.4, 0.5) is 0 Å². The lowest BCUT2D eigenvalue weighted by Crippen LogP contribution is -1.95. The summed E-state index contributed by atoms with van der Waals surface area (Å²) in [6, 6.07) is 6.82. The lowest BCUT2D eigenvalue weighted by atomic mass is 10.1. The molecule has 20 heavy (non-hydrogen) atoms. The first-order chi connectivity index (χ1) is 9.26. The van der Waals surface area contributed by atoms with Crippen molar-refractivity contribution in [1.82, 2.24) is 0 Å². The van der Waals surface area contributed by atoms with Crippen LogP contribution in [0.5, 0.6) is 0 Å². The van der Waals surface area contributed by atoms with Gasteiger partial charge in [-0.15, -0.1) is 0 Å². The average molecular weight is 280 g/mol. The molecule has 0 aromatic heterocycles. The Kier molecular flexibility index (Phi) is 18.6. The predicted octanol–water partition coefficient (Wildman–Crippen LogP) is 3.16. The van der Waals surface area contributed by atoms with Crippen molar-refractivity contribution >= 4 is 18.1 Å². The number of carbonyl (C=O) groups is 1. The molecule has 0 bridgehead atoms. The molecule has 0 atom stereocenters. The maximum atomic E-state index is 10.4. The van der Waals surface area contributed by atoms with Gasteiger partial charge in [0, 0.05) is 0 Å². The molecular weight excluding hydrogens is 260 g/mol. The van der Waals surface area contributed by atoms with Gasteiger partial charge in [-0.3, -0.25) is 0 Å². The minimum absolute atomic E-state index is 0.347. The Bertz CT molecular complexity index is 429. The molecule has 0 aliphatic rings. The first-order valence-electron chi connectivity index (χ1n) is 5.64. The number of carboxylic acids is 1. The molecule has 0 amide bonds. The first-order valence-corrected chi connectivity index (χ1v) is 5.64. The van der Waals surface area contributed by atoms with Crippen molar-refractivity contribution in [2.75, 3.05) is 0 Å². The SMILES string of the molecule is CC(C)C.Cc1cccc(C(=O)O)c1.N=C=O.N=C=O. The van der Waals surface area contributed by atoms with E-state index in [0.29, 0.717) is 5.56 Å². The largest absolute Gasteiger partial charge is 0.478 e. The van der Waals surface area contributed by atoms with E-state index in [4.69, 9.17) is 25.5 Å². The van der Waals surface area contributed by atoms with Gasteiger partial charge in [-0.2, -0.15) is 0 Å². The fourth-order valence-electron chi connectivity index (χ4n) is 0.778. The molecule has 3 N–H and O–H groups in total. The fraction of sp³-hybridized carbons (Fsp3) is 0.357. The van der Waals surface area contributed by atoms with Gasteiger partial charge in [-0.1, -0.05) is 38.5 Å². The average Bonchev–Trinajstić information content (AvgIpc) is 2.30. The number of hydrogen-bond acceptors (Lipinski definition) is 5. The van der Waals surface area contributed by atoms with E-state index in [1.54, 1.807) is 18.2 Å². The van der Waals surface area contributed by atoms with E-state index in [-0.39, 0.29) is 0 Å². The van der Waals surface area contributed by atoms with Crippen LogP contribution in [0.25, 0.3) is 0 Å². The molecule has 6 heteroatoms. The minimum Gasteiger partial charge on any atom is -0.478 e. The van der Waals surface area contributed by atoms with Gasteiger partial charge >= 0.3 is 5.97 Å². The summed E-state index contributed by atoms with van der Waals surface area (Å²) in [6.07, 6.45) is 1.50. The highest BCUT2D eigenvalue weighted by atomic mass is 16.4. The number of nitrogens with one attached hydrogen (secondary N) is 2. The third kappa shape index (κ3) is 24.6. The summed E-state index contributed by atoms with van der Waals surface area (Å²) >= 11 is 0. The van der Waals surface area contributed by atoms with Gasteiger partial charge in [0.1, 0.15) is 0 Å². The zero-order valence-corrected chi connectivity index (χ0v) is 12.1. The summed E-state index contributed by atoms with van der Waals surface area (Å²) in [4.78, 5) is 27.0. The molecule has 0 radical (unpaired) electrons. The van der Waals surface area contributed by atoms with Crippen LogP contribution in [-0.2, 0) is 9.59 Å². The van der Waals surface area contributed by atoms with E-state index in [0.717, 1.165) is 23.6 Å². The summed E-state index contributed by atoms with van der Waals surface area (Å²) in [6.45, 7) is 8.37. The molecule has 1 aromatic rings. The van der Waals surface area contributed by atoms with Gasteiger partial charge in [0.15, 0.2) is 0 Å². The van der Waals surface area contributed by atoms with Crippen molar-refractivity contribution in [3.63, 3.8) is 0 Å². The second-order valence-corrected chi connectivity index (χ2v) is 4.11. The summed E-state index contributed by atoms with van der Waals surface area (Å²) in [5, 5.41) is 19.3. The first kappa shape index (κ1) is 22.6. The Morgan fingerprint density at radius 2 is 1.50 bits per heavy atom. The monoisotopic (exact) mass is 280 g/mol. The summed E-state index contributed by atoms with van der Waals surface area (Å²) in [5.74, 6) is -0.0382. The number of rotatable bonds is 1. The normalized spacial score (nSPS) is 7.25. The van der Waals surface area contributed by atoms with Crippen molar-refractivity contribution in [2.24, 2.45) is 5.92 Å². The van der Waals surface area contributed by atoms with E-state index in [2.05, 4.69) is 20.8 Å². The Morgan fingerprint density at radius 1 is 1.15 bits per heavy atom. The molecule has 0 unspecified atom stereocenters. The highest BCUT2D eigenvalue weighted by Crippen LogP contribution is 2.02. The number of hydrogen-bond donors (Lipinski definition) is 3. The number of benzene rings is 1. The maximum Gasteiger partial charge on any atom is 0.335 e. The minimum atomic E-state index is -0.872. The third-order valence-electron chi connectivity index (χ3n) is 1.27. The zero-order valence-electron chi connectivity index (χ0n) is 12.1. The van der Waals surface area contributed by atoms with Crippen LogP contribution in [0.2, 0.25) is 0 Å². The van der Waals surface area contributed by atoms with E-state index in [9.17, 15) is 4.79 Å². The van der Waals surface area contributed by atoms with Crippen LogP contribution in [0.15, 0.2) is 24.3 Å². The van der Waals surface area contributed by atoms with Gasteiger partial charge in [-0.25, -0.2) is 25.2 Å². The number of carboxylic acid groups (broad SMARTS) is 1. The Labute approximate surface area is 118 Å². The van der Waals surface area contributed by atoms with Gasteiger partial charge in [0.2, 0.25) is 12.2 Å². The second kappa shape index (κ2) is 16.4. The highest BCUT2D eigenvalue weighted by molar-refractivity contribution is 5.87.